The van der Waals surface area contributed by atoms with Crippen molar-refractivity contribution in [3.63, 3.8) is 0 Å². The quantitative estimate of drug-likeness (QED) is 0.532. The molecule has 0 radical (unpaired) electrons. The van der Waals surface area contributed by atoms with Crippen molar-refractivity contribution in [1.29, 1.82) is 0 Å². The van der Waals surface area contributed by atoms with E-state index in [4.69, 9.17) is 5.14 Å². The molecule has 1 aromatic rings. The van der Waals surface area contributed by atoms with Crippen LogP contribution in [0.25, 0.3) is 0 Å². The maximum absolute atomic E-state index is 11.2. The molecule has 0 heterocycles. The fraction of sp³-hybridized carbons (Fsp3) is 0.500. The normalized spacial score (nSPS) is 12.5. The molecule has 0 bridgehead atoms. The van der Waals surface area contributed by atoms with Crippen LogP contribution in [-0.4, -0.2) is 34.5 Å². The fourth-order valence-electron chi connectivity index (χ4n) is 1.69. The molecular weight excluding hydrogens is 288 g/mol. The number of benzene rings is 1. The lowest BCUT2D eigenvalue weighted by atomic mass is 10.1. The Hall–Kier alpha value is -1.60. The van der Waals surface area contributed by atoms with Crippen LogP contribution in [0.3, 0.4) is 0 Å². The molecule has 0 unspecified atom stereocenters. The van der Waals surface area contributed by atoms with Gasteiger partial charge in [-0.05, 0) is 30.0 Å². The van der Waals surface area contributed by atoms with Gasteiger partial charge in [-0.1, -0.05) is 26.0 Å². The largest absolute Gasteiger partial charge is 0.356 e. The third-order valence-corrected chi connectivity index (χ3v) is 3.79. The zero-order chi connectivity index (χ0) is 15.9. The predicted octanol–water partition coefficient (Wildman–Crippen LogP) is 0.698. The number of hydrogen-bond donors (Lipinski definition) is 3. The van der Waals surface area contributed by atoms with Gasteiger partial charge in [-0.25, -0.2) is 13.6 Å². The van der Waals surface area contributed by atoms with Crippen LogP contribution >= 0.6 is 0 Å². The Morgan fingerprint density at radius 3 is 2.33 bits per heavy atom. The van der Waals surface area contributed by atoms with Crippen molar-refractivity contribution in [3.8, 4) is 0 Å². The molecule has 4 N–H and O–H groups in total. The number of aliphatic imine (C=N–C) groups is 1. The lowest BCUT2D eigenvalue weighted by Gasteiger charge is -2.13. The van der Waals surface area contributed by atoms with E-state index in [0.29, 0.717) is 12.5 Å². The summed E-state index contributed by atoms with van der Waals surface area (Å²) in [6, 6.07) is 6.59. The molecule has 0 atom stereocenters. The summed E-state index contributed by atoms with van der Waals surface area (Å²) >= 11 is 0. The molecule has 21 heavy (non-hydrogen) atoms. The molecule has 0 spiro atoms. The maximum atomic E-state index is 11.2. The van der Waals surface area contributed by atoms with Gasteiger partial charge in [-0.2, -0.15) is 0 Å². The summed E-state index contributed by atoms with van der Waals surface area (Å²) in [5, 5.41) is 11.5. The molecule has 0 aliphatic heterocycles. The number of sulfonamides is 1. The number of primary sulfonamides is 1. The molecule has 7 heteroatoms. The molecule has 0 aliphatic rings. The average molecular weight is 312 g/mol. The third-order valence-electron chi connectivity index (χ3n) is 2.86. The van der Waals surface area contributed by atoms with Crippen LogP contribution in [-0.2, 0) is 16.4 Å². The highest BCUT2D eigenvalue weighted by atomic mass is 32.2. The molecular formula is C14H24N4O2S. The van der Waals surface area contributed by atoms with E-state index < -0.39 is 10.0 Å². The zero-order valence-corrected chi connectivity index (χ0v) is 13.6. The molecule has 0 amide bonds. The lowest BCUT2D eigenvalue weighted by molar-refractivity contribution is 0.597. The Balaban J connectivity index is 2.45. The van der Waals surface area contributed by atoms with Crippen molar-refractivity contribution in [2.75, 3.05) is 20.1 Å². The molecule has 0 aromatic heterocycles. The summed E-state index contributed by atoms with van der Waals surface area (Å²) in [5.41, 5.74) is 1.04. The minimum atomic E-state index is -3.62. The molecule has 0 saturated heterocycles. The summed E-state index contributed by atoms with van der Waals surface area (Å²) in [6.45, 7) is 5.84. The fourth-order valence-corrected chi connectivity index (χ4v) is 2.21. The van der Waals surface area contributed by atoms with Gasteiger partial charge >= 0.3 is 0 Å². The highest BCUT2D eigenvalue weighted by molar-refractivity contribution is 7.89. The second-order valence-electron chi connectivity index (χ2n) is 5.21. The van der Waals surface area contributed by atoms with Gasteiger partial charge in [0.15, 0.2) is 5.96 Å². The van der Waals surface area contributed by atoms with Crippen LogP contribution < -0.4 is 15.8 Å². The first kappa shape index (κ1) is 17.5. The number of guanidine groups is 1. The van der Waals surface area contributed by atoms with Crippen molar-refractivity contribution in [1.82, 2.24) is 10.6 Å². The van der Waals surface area contributed by atoms with Crippen LogP contribution in [0.15, 0.2) is 34.2 Å². The molecule has 1 rings (SSSR count). The van der Waals surface area contributed by atoms with E-state index in [1.165, 1.54) is 12.1 Å². The minimum absolute atomic E-state index is 0.133. The number of hydrogen-bond acceptors (Lipinski definition) is 3. The molecule has 118 valence electrons. The van der Waals surface area contributed by atoms with Gasteiger partial charge in [0.1, 0.15) is 0 Å². The molecule has 0 aliphatic carbocycles. The SMILES string of the molecule is CN=C(NCCc1ccc(S(N)(=O)=O)cc1)NCC(C)C. The Morgan fingerprint density at radius 2 is 1.86 bits per heavy atom. The summed E-state index contributed by atoms with van der Waals surface area (Å²) in [4.78, 5) is 4.27. The zero-order valence-electron chi connectivity index (χ0n) is 12.8. The molecule has 0 saturated carbocycles. The average Bonchev–Trinajstić information content (AvgIpc) is 2.42. The highest BCUT2D eigenvalue weighted by Crippen LogP contribution is 2.08. The van der Waals surface area contributed by atoms with Crippen molar-refractivity contribution in [2.24, 2.45) is 16.0 Å². The van der Waals surface area contributed by atoms with Crippen LogP contribution in [0.1, 0.15) is 19.4 Å². The Morgan fingerprint density at radius 1 is 1.24 bits per heavy atom. The van der Waals surface area contributed by atoms with Crippen LogP contribution in [0, 0.1) is 5.92 Å². The smallest absolute Gasteiger partial charge is 0.238 e. The lowest BCUT2D eigenvalue weighted by Crippen LogP contribution is -2.39. The minimum Gasteiger partial charge on any atom is -0.356 e. The van der Waals surface area contributed by atoms with Gasteiger partial charge in [-0.15, -0.1) is 0 Å². The van der Waals surface area contributed by atoms with Crippen molar-refractivity contribution in [2.45, 2.75) is 25.2 Å². The number of nitrogens with two attached hydrogens (primary N) is 1. The van der Waals surface area contributed by atoms with E-state index in [0.717, 1.165) is 24.5 Å². The second-order valence-corrected chi connectivity index (χ2v) is 6.77. The molecule has 0 fully saturated rings. The monoisotopic (exact) mass is 312 g/mol. The Kier molecular flexibility index (Phi) is 6.64. The van der Waals surface area contributed by atoms with Gasteiger partial charge in [0.05, 0.1) is 4.90 Å². The van der Waals surface area contributed by atoms with Gasteiger partial charge in [0, 0.05) is 20.1 Å². The molecule has 1 aromatic carbocycles. The Bertz CT molecular complexity index is 565. The van der Waals surface area contributed by atoms with Crippen LogP contribution in [0.5, 0.6) is 0 Å². The van der Waals surface area contributed by atoms with E-state index in [1.807, 2.05) is 0 Å². The van der Waals surface area contributed by atoms with E-state index in [9.17, 15) is 8.42 Å². The first-order chi connectivity index (χ1) is 9.82. The van der Waals surface area contributed by atoms with Crippen LogP contribution in [0.2, 0.25) is 0 Å². The molecule has 6 nitrogen and oxygen atoms in total. The standard InChI is InChI=1S/C14H24N4O2S/c1-11(2)10-18-14(16-3)17-9-8-12-4-6-13(7-5-12)21(15,19)20/h4-7,11H,8-10H2,1-3H3,(H2,15,19,20)(H2,16,17,18). The van der Waals surface area contributed by atoms with Crippen molar-refractivity contribution < 1.29 is 8.42 Å². The Labute approximate surface area is 126 Å². The van der Waals surface area contributed by atoms with Gasteiger partial charge in [0.25, 0.3) is 0 Å². The van der Waals surface area contributed by atoms with Crippen LogP contribution in [0.4, 0.5) is 0 Å². The first-order valence-electron chi connectivity index (χ1n) is 6.89. The predicted molar refractivity (Wildman–Crippen MR) is 85.7 cm³/mol. The topological polar surface area (TPSA) is 96.6 Å². The van der Waals surface area contributed by atoms with Gasteiger partial charge in [0.2, 0.25) is 10.0 Å². The second kappa shape index (κ2) is 7.99. The summed E-state index contributed by atoms with van der Waals surface area (Å²) in [7, 11) is -1.89. The van der Waals surface area contributed by atoms with Gasteiger partial charge < -0.3 is 10.6 Å². The van der Waals surface area contributed by atoms with Crippen molar-refractivity contribution >= 4 is 16.0 Å². The highest BCUT2D eigenvalue weighted by Gasteiger charge is 2.06. The number of rotatable bonds is 6. The summed E-state index contributed by atoms with van der Waals surface area (Å²) in [5.74, 6) is 1.32. The number of nitrogens with one attached hydrogen (secondary N) is 2. The van der Waals surface area contributed by atoms with Crippen molar-refractivity contribution in [3.05, 3.63) is 29.8 Å². The first-order valence-corrected chi connectivity index (χ1v) is 8.44. The summed E-state index contributed by atoms with van der Waals surface area (Å²) in [6.07, 6.45) is 0.771. The van der Waals surface area contributed by atoms with E-state index >= 15 is 0 Å². The van der Waals surface area contributed by atoms with E-state index in [2.05, 4.69) is 29.5 Å². The number of nitrogens with zero attached hydrogens (tertiary/aromatic N) is 1. The third kappa shape index (κ3) is 6.59. The summed E-state index contributed by atoms with van der Waals surface area (Å²) < 4.78 is 22.3. The van der Waals surface area contributed by atoms with E-state index in [1.54, 1.807) is 19.2 Å². The maximum Gasteiger partial charge on any atom is 0.238 e. The van der Waals surface area contributed by atoms with E-state index in [-0.39, 0.29) is 4.90 Å². The van der Waals surface area contributed by atoms with Gasteiger partial charge in [-0.3, -0.25) is 4.99 Å².